The van der Waals surface area contributed by atoms with Gasteiger partial charge < -0.3 is 10.5 Å². The lowest BCUT2D eigenvalue weighted by molar-refractivity contribution is 0.461. The third-order valence-corrected chi connectivity index (χ3v) is 2.45. The zero-order valence-corrected chi connectivity index (χ0v) is 9.91. The number of aromatic nitrogens is 1. The van der Waals surface area contributed by atoms with E-state index in [2.05, 4.69) is 4.98 Å². The maximum atomic E-state index is 12.8. The van der Waals surface area contributed by atoms with Crippen molar-refractivity contribution >= 4 is 17.4 Å². The van der Waals surface area contributed by atoms with Gasteiger partial charge in [0.1, 0.15) is 17.4 Å². The second-order valence-corrected chi connectivity index (χ2v) is 3.88. The number of nitrogen functional groups attached to an aromatic ring is 1. The summed E-state index contributed by atoms with van der Waals surface area (Å²) in [4.78, 5) is 3.96. The summed E-state index contributed by atoms with van der Waals surface area (Å²) in [6.07, 6.45) is 1.41. The number of pyridine rings is 1. The number of benzene rings is 1. The Morgan fingerprint density at radius 2 is 2.11 bits per heavy atom. The van der Waals surface area contributed by atoms with E-state index in [0.29, 0.717) is 11.3 Å². The molecule has 6 heteroatoms. The molecule has 92 valence electrons. The van der Waals surface area contributed by atoms with E-state index >= 15 is 0 Å². The second-order valence-electron chi connectivity index (χ2n) is 3.48. The molecule has 2 rings (SSSR count). The van der Waals surface area contributed by atoms with Gasteiger partial charge in [-0.15, -0.1) is 0 Å². The molecule has 1 aromatic heterocycles. The summed E-state index contributed by atoms with van der Waals surface area (Å²) in [6, 6.07) is 6.96. The summed E-state index contributed by atoms with van der Waals surface area (Å²) in [5, 5.41) is 7.38. The molecule has 0 bridgehead atoms. The van der Waals surface area contributed by atoms with Crippen LogP contribution < -0.4 is 10.5 Å². The predicted molar refractivity (Wildman–Crippen MR) is 66.7 cm³/mol. The summed E-state index contributed by atoms with van der Waals surface area (Å²) >= 11 is 5.81. The number of amidine groups is 1. The lowest BCUT2D eigenvalue weighted by Crippen LogP contribution is -2.11. The molecule has 4 nitrogen and oxygen atoms in total. The SMILES string of the molecule is N=C(N)c1ccc(Oc2ccc(F)cc2Cl)nc1. The van der Waals surface area contributed by atoms with Crippen molar-refractivity contribution in [2.75, 3.05) is 0 Å². The van der Waals surface area contributed by atoms with Crippen LogP contribution in [0.25, 0.3) is 0 Å². The monoisotopic (exact) mass is 265 g/mol. The zero-order chi connectivity index (χ0) is 13.1. The minimum atomic E-state index is -0.438. The smallest absolute Gasteiger partial charge is 0.219 e. The number of halogens is 2. The summed E-state index contributed by atoms with van der Waals surface area (Å²) in [7, 11) is 0. The quantitative estimate of drug-likeness (QED) is 0.662. The van der Waals surface area contributed by atoms with Crippen molar-refractivity contribution in [2.45, 2.75) is 0 Å². The van der Waals surface area contributed by atoms with Gasteiger partial charge in [-0.05, 0) is 24.3 Å². The molecular weight excluding hydrogens is 257 g/mol. The molecule has 0 atom stereocenters. The highest BCUT2D eigenvalue weighted by atomic mass is 35.5. The first-order valence-electron chi connectivity index (χ1n) is 4.99. The minimum Gasteiger partial charge on any atom is -0.437 e. The summed E-state index contributed by atoms with van der Waals surface area (Å²) < 4.78 is 18.2. The van der Waals surface area contributed by atoms with Gasteiger partial charge in [-0.1, -0.05) is 11.6 Å². The van der Waals surface area contributed by atoms with Gasteiger partial charge in [-0.25, -0.2) is 9.37 Å². The lowest BCUT2D eigenvalue weighted by Gasteiger charge is -2.06. The highest BCUT2D eigenvalue weighted by Crippen LogP contribution is 2.28. The first kappa shape index (κ1) is 12.3. The van der Waals surface area contributed by atoms with Crippen LogP contribution in [0, 0.1) is 11.2 Å². The molecule has 2 aromatic rings. The van der Waals surface area contributed by atoms with Crippen LogP contribution in [0.3, 0.4) is 0 Å². The van der Waals surface area contributed by atoms with Crippen LogP contribution >= 0.6 is 11.6 Å². The Kier molecular flexibility index (Phi) is 3.43. The molecule has 0 radical (unpaired) electrons. The highest BCUT2D eigenvalue weighted by Gasteiger charge is 2.06. The van der Waals surface area contributed by atoms with Crippen LogP contribution in [0.15, 0.2) is 36.5 Å². The minimum absolute atomic E-state index is 0.0751. The normalized spacial score (nSPS) is 10.1. The molecule has 0 aliphatic carbocycles. The Morgan fingerprint density at radius 3 is 2.67 bits per heavy atom. The molecule has 0 fully saturated rings. The molecule has 3 N–H and O–H groups in total. The maximum Gasteiger partial charge on any atom is 0.219 e. The fourth-order valence-corrected chi connectivity index (χ4v) is 1.48. The Balaban J connectivity index is 2.21. The van der Waals surface area contributed by atoms with Crippen molar-refractivity contribution in [3.63, 3.8) is 0 Å². The second kappa shape index (κ2) is 5.01. The van der Waals surface area contributed by atoms with Crippen molar-refractivity contribution < 1.29 is 9.13 Å². The Labute approximate surface area is 108 Å². The number of rotatable bonds is 3. The largest absolute Gasteiger partial charge is 0.437 e. The Morgan fingerprint density at radius 1 is 1.33 bits per heavy atom. The summed E-state index contributed by atoms with van der Waals surface area (Å²) in [5.74, 6) is 0.0794. The highest BCUT2D eigenvalue weighted by molar-refractivity contribution is 6.32. The third kappa shape index (κ3) is 2.75. The molecule has 0 aliphatic rings. The van der Waals surface area contributed by atoms with E-state index in [9.17, 15) is 4.39 Å². The number of ether oxygens (including phenoxy) is 1. The van der Waals surface area contributed by atoms with Crippen LogP contribution in [0.2, 0.25) is 5.02 Å². The van der Waals surface area contributed by atoms with Crippen molar-refractivity contribution in [1.29, 1.82) is 5.41 Å². The molecule has 0 spiro atoms. The lowest BCUT2D eigenvalue weighted by atomic mass is 10.3. The van der Waals surface area contributed by atoms with Gasteiger partial charge in [0.15, 0.2) is 0 Å². The van der Waals surface area contributed by atoms with Crippen LogP contribution in [-0.4, -0.2) is 10.8 Å². The number of nitrogens with one attached hydrogen (secondary N) is 1. The van der Waals surface area contributed by atoms with Crippen LogP contribution in [-0.2, 0) is 0 Å². The van der Waals surface area contributed by atoms with E-state index in [4.69, 9.17) is 27.5 Å². The van der Waals surface area contributed by atoms with Crippen molar-refractivity contribution in [1.82, 2.24) is 4.98 Å². The molecule has 0 saturated carbocycles. The summed E-state index contributed by atoms with van der Waals surface area (Å²) in [6.45, 7) is 0. The average Bonchev–Trinajstić information content (AvgIpc) is 2.33. The van der Waals surface area contributed by atoms with Gasteiger partial charge in [-0.2, -0.15) is 0 Å². The number of hydrogen-bond donors (Lipinski definition) is 2. The maximum absolute atomic E-state index is 12.8. The van der Waals surface area contributed by atoms with Gasteiger partial charge in [0.05, 0.1) is 5.02 Å². The van der Waals surface area contributed by atoms with Gasteiger partial charge in [0, 0.05) is 17.8 Å². The fourth-order valence-electron chi connectivity index (χ4n) is 1.27. The van der Waals surface area contributed by atoms with Crippen molar-refractivity contribution in [3.8, 4) is 11.6 Å². The van der Waals surface area contributed by atoms with Crippen molar-refractivity contribution in [2.24, 2.45) is 5.73 Å². The standard InChI is InChI=1S/C12H9ClFN3O/c13-9-5-8(14)2-3-10(9)18-11-4-1-7(6-17-11)12(15)16/h1-6H,(H3,15,16). The first-order chi connectivity index (χ1) is 8.56. The molecular formula is C12H9ClFN3O. The number of nitrogens with zero attached hydrogens (tertiary/aromatic N) is 1. The predicted octanol–water partition coefficient (Wildman–Crippen LogP) is 2.95. The fraction of sp³-hybridized carbons (Fsp3) is 0. The topological polar surface area (TPSA) is 72.0 Å². The van der Waals surface area contributed by atoms with E-state index in [0.717, 1.165) is 6.07 Å². The Hall–Kier alpha value is -2.14. The molecule has 1 aromatic carbocycles. The number of hydrogen-bond acceptors (Lipinski definition) is 3. The molecule has 18 heavy (non-hydrogen) atoms. The summed E-state index contributed by atoms with van der Waals surface area (Å²) in [5.41, 5.74) is 5.79. The molecule has 0 unspecified atom stereocenters. The Bertz CT molecular complexity index is 586. The van der Waals surface area contributed by atoms with Crippen molar-refractivity contribution in [3.05, 3.63) is 52.9 Å². The molecule has 1 heterocycles. The van der Waals surface area contributed by atoms with E-state index < -0.39 is 5.82 Å². The molecule has 0 amide bonds. The van der Waals surface area contributed by atoms with Gasteiger partial charge >= 0.3 is 0 Å². The van der Waals surface area contributed by atoms with E-state index in [1.807, 2.05) is 0 Å². The number of nitrogens with two attached hydrogens (primary N) is 1. The third-order valence-electron chi connectivity index (χ3n) is 2.16. The zero-order valence-electron chi connectivity index (χ0n) is 9.15. The molecule has 0 saturated heterocycles. The van der Waals surface area contributed by atoms with Crippen LogP contribution in [0.4, 0.5) is 4.39 Å². The van der Waals surface area contributed by atoms with Crippen LogP contribution in [0.5, 0.6) is 11.6 Å². The molecule has 0 aliphatic heterocycles. The first-order valence-corrected chi connectivity index (χ1v) is 5.37. The average molecular weight is 266 g/mol. The van der Waals surface area contributed by atoms with Gasteiger partial charge in [-0.3, -0.25) is 5.41 Å². The van der Waals surface area contributed by atoms with Gasteiger partial charge in [0.2, 0.25) is 5.88 Å². The van der Waals surface area contributed by atoms with Crippen LogP contribution in [0.1, 0.15) is 5.56 Å². The van der Waals surface area contributed by atoms with E-state index in [1.165, 1.54) is 18.3 Å². The van der Waals surface area contributed by atoms with E-state index in [-0.39, 0.29) is 16.7 Å². The van der Waals surface area contributed by atoms with E-state index in [1.54, 1.807) is 12.1 Å². The van der Waals surface area contributed by atoms with Gasteiger partial charge in [0.25, 0.3) is 0 Å².